The van der Waals surface area contributed by atoms with Gasteiger partial charge in [-0.1, -0.05) is 47.5 Å². The van der Waals surface area contributed by atoms with Gasteiger partial charge in [-0.25, -0.2) is 0 Å². The van der Waals surface area contributed by atoms with E-state index in [1.54, 1.807) is 0 Å². The lowest BCUT2D eigenvalue weighted by molar-refractivity contribution is 0.284. The Labute approximate surface area is 66.5 Å². The molecule has 0 aliphatic rings. The summed E-state index contributed by atoms with van der Waals surface area (Å²) in [7, 11) is 0. The van der Waals surface area contributed by atoms with Gasteiger partial charge in [-0.05, 0) is 6.42 Å². The van der Waals surface area contributed by atoms with E-state index in [0.29, 0.717) is 6.61 Å². The molecule has 0 atom stereocenters. The molecule has 0 bridgehead atoms. The van der Waals surface area contributed by atoms with Crippen molar-refractivity contribution in [1.29, 1.82) is 0 Å². The number of hydrogen-bond acceptors (Lipinski definition) is 1. The first kappa shape index (κ1) is 16.5. The molecule has 0 radical (unpaired) electrons. The van der Waals surface area contributed by atoms with Gasteiger partial charge < -0.3 is 5.11 Å². The summed E-state index contributed by atoms with van der Waals surface area (Å²) in [6, 6.07) is 0. The minimum atomic E-state index is 0.355. The molecule has 0 aromatic carbocycles. The Bertz CT molecular complexity index is 16.7. The molecule has 0 spiro atoms. The third kappa shape index (κ3) is 44.0. The van der Waals surface area contributed by atoms with E-state index in [4.69, 9.17) is 5.11 Å². The average Bonchev–Trinajstić information content (AvgIpc) is 2.08. The maximum absolute atomic E-state index is 8.20. The topological polar surface area (TPSA) is 20.2 Å². The lowest BCUT2D eigenvalue weighted by Gasteiger charge is -1.85. The van der Waals surface area contributed by atoms with E-state index in [9.17, 15) is 0 Å². The van der Waals surface area contributed by atoms with Crippen LogP contribution in [0.15, 0.2) is 0 Å². The van der Waals surface area contributed by atoms with E-state index in [1.165, 1.54) is 6.42 Å². The molecule has 0 aromatic rings. The van der Waals surface area contributed by atoms with Crippen LogP contribution < -0.4 is 0 Å². The highest BCUT2D eigenvalue weighted by atomic mass is 16.2. The molecule has 0 rings (SSSR count). The smallest absolute Gasteiger partial charge is 0.0431 e. The quantitative estimate of drug-likeness (QED) is 0.609. The van der Waals surface area contributed by atoms with Crippen LogP contribution in [0.1, 0.15) is 53.9 Å². The fourth-order valence-corrected chi connectivity index (χ4v) is 0.362. The highest BCUT2D eigenvalue weighted by molar-refractivity contribution is 4.30. The molecule has 0 saturated heterocycles. The zero-order chi connectivity index (χ0) is 8.83. The average molecular weight is 148 g/mol. The van der Waals surface area contributed by atoms with Crippen LogP contribution in [0.4, 0.5) is 0 Å². The monoisotopic (exact) mass is 148 g/mol. The van der Waals surface area contributed by atoms with Gasteiger partial charge in [0.05, 0.1) is 0 Å². The van der Waals surface area contributed by atoms with Gasteiger partial charge in [0, 0.05) is 6.61 Å². The molecule has 10 heavy (non-hydrogen) atoms. The molecule has 1 heteroatoms. The predicted octanol–water partition coefficient (Wildman–Crippen LogP) is 3.22. The fourth-order valence-electron chi connectivity index (χ4n) is 0.362. The van der Waals surface area contributed by atoms with Crippen molar-refractivity contribution in [3.8, 4) is 0 Å². The van der Waals surface area contributed by atoms with Crippen molar-refractivity contribution < 1.29 is 5.11 Å². The molecule has 66 valence electrons. The summed E-state index contributed by atoms with van der Waals surface area (Å²) >= 11 is 0. The molecule has 0 aliphatic heterocycles. The van der Waals surface area contributed by atoms with Crippen LogP contribution in [0.5, 0.6) is 0 Å². The summed E-state index contributed by atoms with van der Waals surface area (Å²) < 4.78 is 0. The van der Waals surface area contributed by atoms with Crippen LogP contribution in [0, 0.1) is 0 Å². The Balaban J connectivity index is -0.000000105. The van der Waals surface area contributed by atoms with Gasteiger partial charge in [0.1, 0.15) is 0 Å². The summed E-state index contributed by atoms with van der Waals surface area (Å²) in [6.07, 6.45) is 3.33. The van der Waals surface area contributed by atoms with Gasteiger partial charge in [-0.15, -0.1) is 0 Å². The highest BCUT2D eigenvalue weighted by Crippen LogP contribution is 1.89. The van der Waals surface area contributed by atoms with Gasteiger partial charge in [0.15, 0.2) is 0 Å². The van der Waals surface area contributed by atoms with Crippen LogP contribution in [0.3, 0.4) is 0 Å². The standard InChI is InChI=1S/C5H12O.2C2H6/c1-2-3-4-5-6;2*1-2/h6H,2-5H2,1H3;2*1-2H3. The lowest BCUT2D eigenvalue weighted by Crippen LogP contribution is -1.78. The second-order valence-corrected chi connectivity index (χ2v) is 1.43. The maximum Gasteiger partial charge on any atom is 0.0431 e. The maximum atomic E-state index is 8.20. The van der Waals surface area contributed by atoms with Crippen molar-refractivity contribution in [1.82, 2.24) is 0 Å². The summed E-state index contributed by atoms with van der Waals surface area (Å²) in [4.78, 5) is 0. The van der Waals surface area contributed by atoms with Crippen molar-refractivity contribution in [2.75, 3.05) is 6.61 Å². The first-order valence-corrected chi connectivity index (χ1v) is 4.52. The molecule has 0 saturated carbocycles. The van der Waals surface area contributed by atoms with Crippen LogP contribution in [0.2, 0.25) is 0 Å². The van der Waals surface area contributed by atoms with Crippen molar-refractivity contribution in [3.63, 3.8) is 0 Å². The lowest BCUT2D eigenvalue weighted by atomic mass is 10.3. The first-order chi connectivity index (χ1) is 4.91. The van der Waals surface area contributed by atoms with Gasteiger partial charge in [-0.2, -0.15) is 0 Å². The number of aliphatic hydroxyl groups is 1. The molecule has 0 aliphatic carbocycles. The third-order valence-electron chi connectivity index (χ3n) is 0.762. The molecule has 0 heterocycles. The van der Waals surface area contributed by atoms with E-state index >= 15 is 0 Å². The van der Waals surface area contributed by atoms with E-state index in [1.807, 2.05) is 27.7 Å². The van der Waals surface area contributed by atoms with Crippen LogP contribution in [-0.4, -0.2) is 11.7 Å². The summed E-state index contributed by atoms with van der Waals surface area (Å²) in [5, 5.41) is 8.20. The van der Waals surface area contributed by atoms with E-state index < -0.39 is 0 Å². The Morgan fingerprint density at radius 3 is 1.40 bits per heavy atom. The van der Waals surface area contributed by atoms with Crippen molar-refractivity contribution >= 4 is 0 Å². The second-order valence-electron chi connectivity index (χ2n) is 1.43. The minimum Gasteiger partial charge on any atom is -0.396 e. The van der Waals surface area contributed by atoms with Crippen LogP contribution >= 0.6 is 0 Å². The Hall–Kier alpha value is -0.0400. The predicted molar refractivity (Wildman–Crippen MR) is 49.3 cm³/mol. The van der Waals surface area contributed by atoms with Gasteiger partial charge >= 0.3 is 0 Å². The minimum absolute atomic E-state index is 0.355. The third-order valence-corrected chi connectivity index (χ3v) is 0.762. The largest absolute Gasteiger partial charge is 0.396 e. The second kappa shape index (κ2) is 36.2. The van der Waals surface area contributed by atoms with Crippen molar-refractivity contribution in [2.24, 2.45) is 0 Å². The molecule has 1 nitrogen and oxygen atoms in total. The summed E-state index contributed by atoms with van der Waals surface area (Å²) in [5.74, 6) is 0. The van der Waals surface area contributed by atoms with Crippen molar-refractivity contribution in [2.45, 2.75) is 53.9 Å². The molecule has 0 fully saturated rings. The Morgan fingerprint density at radius 2 is 1.30 bits per heavy atom. The highest BCUT2D eigenvalue weighted by Gasteiger charge is 1.76. The number of aliphatic hydroxyl groups excluding tert-OH is 1. The first-order valence-electron chi connectivity index (χ1n) is 4.52. The summed E-state index contributed by atoms with van der Waals surface area (Å²) in [6.45, 7) is 10.5. The van der Waals surface area contributed by atoms with E-state index in [-0.39, 0.29) is 0 Å². The van der Waals surface area contributed by atoms with Crippen molar-refractivity contribution in [3.05, 3.63) is 0 Å². The Kier molecular flexibility index (Phi) is 59.8. The van der Waals surface area contributed by atoms with Gasteiger partial charge in [0.25, 0.3) is 0 Å². The molecule has 0 aromatic heterocycles. The van der Waals surface area contributed by atoms with E-state index in [2.05, 4.69) is 6.92 Å². The van der Waals surface area contributed by atoms with Gasteiger partial charge in [0.2, 0.25) is 0 Å². The zero-order valence-corrected chi connectivity index (χ0v) is 8.28. The molecular formula is C9H24O. The molecular weight excluding hydrogens is 124 g/mol. The zero-order valence-electron chi connectivity index (χ0n) is 8.28. The summed E-state index contributed by atoms with van der Waals surface area (Å²) in [5.41, 5.74) is 0. The number of hydrogen-bond donors (Lipinski definition) is 1. The normalized spacial score (nSPS) is 6.60. The Morgan fingerprint density at radius 1 is 0.900 bits per heavy atom. The van der Waals surface area contributed by atoms with Crippen LogP contribution in [-0.2, 0) is 0 Å². The molecule has 0 amide bonds. The van der Waals surface area contributed by atoms with Crippen LogP contribution in [0.25, 0.3) is 0 Å². The molecule has 0 unspecified atom stereocenters. The van der Waals surface area contributed by atoms with E-state index in [0.717, 1.165) is 12.8 Å². The van der Waals surface area contributed by atoms with Gasteiger partial charge in [-0.3, -0.25) is 0 Å². The SMILES string of the molecule is CC.CC.CCCCCO. The fraction of sp³-hybridized carbons (Fsp3) is 1.00. The molecule has 1 N–H and O–H groups in total. The number of rotatable bonds is 3. The number of unbranched alkanes of at least 4 members (excludes halogenated alkanes) is 2.